The van der Waals surface area contributed by atoms with Gasteiger partial charge in [-0.05, 0) is 46.5 Å². The molecule has 1 atom stereocenters. The highest BCUT2D eigenvalue weighted by atomic mass is 79.9. The van der Waals surface area contributed by atoms with E-state index in [1.165, 1.54) is 27.5 Å². The maximum absolute atomic E-state index is 6.05. The Hall–Kier alpha value is -1.31. The van der Waals surface area contributed by atoms with Crippen molar-refractivity contribution in [3.8, 4) is 0 Å². The van der Waals surface area contributed by atoms with Gasteiger partial charge in [0.2, 0.25) is 0 Å². The lowest BCUT2D eigenvalue weighted by Crippen LogP contribution is -1.96. The van der Waals surface area contributed by atoms with Crippen molar-refractivity contribution in [1.82, 2.24) is 0 Å². The lowest BCUT2D eigenvalue weighted by atomic mass is 9.96. The molecule has 0 N–H and O–H groups in total. The number of benzene rings is 3. The first-order valence-electron chi connectivity index (χ1n) is 6.54. The maximum atomic E-state index is 6.05. The summed E-state index contributed by atoms with van der Waals surface area (Å²) >= 11 is 9.89. The van der Waals surface area contributed by atoms with Crippen LogP contribution in [0.4, 0.5) is 0 Å². The Morgan fingerprint density at radius 1 is 0.900 bits per heavy atom. The second-order valence-electron chi connectivity index (χ2n) is 4.93. The molecule has 0 saturated heterocycles. The molecule has 1 unspecified atom stereocenters. The first-order valence-corrected chi connectivity index (χ1v) is 7.84. The number of hydrogen-bond acceptors (Lipinski definition) is 0. The molecule has 0 aliphatic heterocycles. The summed E-state index contributed by atoms with van der Waals surface area (Å²) in [5.41, 5.74) is 3.74. The van der Waals surface area contributed by atoms with E-state index in [0.29, 0.717) is 0 Å². The molecule has 3 aromatic carbocycles. The summed E-state index contributed by atoms with van der Waals surface area (Å²) in [7, 11) is 0. The monoisotopic (exact) mass is 344 g/mol. The third-order valence-corrected chi connectivity index (χ3v) is 4.82. The molecule has 0 fully saturated rings. The number of rotatable bonds is 2. The van der Waals surface area contributed by atoms with Crippen molar-refractivity contribution in [3.05, 3.63) is 82.4 Å². The van der Waals surface area contributed by atoms with E-state index in [-0.39, 0.29) is 4.83 Å². The summed E-state index contributed by atoms with van der Waals surface area (Å²) in [6, 6.07) is 21.0. The third-order valence-electron chi connectivity index (χ3n) is 3.60. The van der Waals surface area contributed by atoms with E-state index in [2.05, 4.69) is 71.4 Å². The van der Waals surface area contributed by atoms with Crippen molar-refractivity contribution in [1.29, 1.82) is 0 Å². The Bertz CT molecular complexity index is 759. The zero-order valence-corrected chi connectivity index (χ0v) is 13.4. The first-order chi connectivity index (χ1) is 9.66. The zero-order chi connectivity index (χ0) is 14.1. The normalized spacial score (nSPS) is 12.6. The molecule has 0 radical (unpaired) electrons. The van der Waals surface area contributed by atoms with E-state index < -0.39 is 0 Å². The number of aryl methyl sites for hydroxylation is 1. The van der Waals surface area contributed by atoms with E-state index in [1.54, 1.807) is 0 Å². The van der Waals surface area contributed by atoms with Gasteiger partial charge < -0.3 is 0 Å². The molecule has 0 amide bonds. The average molecular weight is 346 g/mol. The van der Waals surface area contributed by atoms with Crippen molar-refractivity contribution in [2.45, 2.75) is 11.8 Å². The highest BCUT2D eigenvalue weighted by Crippen LogP contribution is 2.37. The van der Waals surface area contributed by atoms with Crippen LogP contribution in [0.3, 0.4) is 0 Å². The molecule has 0 spiro atoms. The molecule has 0 bridgehead atoms. The summed E-state index contributed by atoms with van der Waals surface area (Å²) in [6.07, 6.45) is 0. The molecule has 0 aromatic heterocycles. The van der Waals surface area contributed by atoms with Crippen LogP contribution in [0.2, 0.25) is 5.02 Å². The molecule has 0 heterocycles. The quantitative estimate of drug-likeness (QED) is 0.479. The van der Waals surface area contributed by atoms with E-state index in [0.717, 1.165) is 5.02 Å². The van der Waals surface area contributed by atoms with Crippen LogP contribution in [0.5, 0.6) is 0 Å². The molecule has 3 aromatic rings. The SMILES string of the molecule is Cc1cc(Cl)ccc1C(Br)c1cccc2ccccc12. The number of fused-ring (bicyclic) bond motifs is 1. The van der Waals surface area contributed by atoms with Crippen LogP contribution in [0.1, 0.15) is 21.5 Å². The first kappa shape index (κ1) is 13.7. The molecule has 0 aliphatic rings. The van der Waals surface area contributed by atoms with Gasteiger partial charge in [0, 0.05) is 5.02 Å². The van der Waals surface area contributed by atoms with Crippen LogP contribution < -0.4 is 0 Å². The second kappa shape index (κ2) is 5.59. The van der Waals surface area contributed by atoms with Gasteiger partial charge in [-0.3, -0.25) is 0 Å². The summed E-state index contributed by atoms with van der Waals surface area (Å²) in [4.78, 5) is 0.172. The second-order valence-corrected chi connectivity index (χ2v) is 6.28. The van der Waals surface area contributed by atoms with Crippen LogP contribution in [-0.2, 0) is 0 Å². The van der Waals surface area contributed by atoms with Gasteiger partial charge in [0.05, 0.1) is 4.83 Å². The fraction of sp³-hybridized carbons (Fsp3) is 0.111. The van der Waals surface area contributed by atoms with Gasteiger partial charge in [0.1, 0.15) is 0 Å². The van der Waals surface area contributed by atoms with Gasteiger partial charge >= 0.3 is 0 Å². The molecule has 3 rings (SSSR count). The smallest absolute Gasteiger partial charge is 0.0653 e. The van der Waals surface area contributed by atoms with Gasteiger partial charge in [-0.2, -0.15) is 0 Å². The highest BCUT2D eigenvalue weighted by molar-refractivity contribution is 9.09. The minimum Gasteiger partial charge on any atom is -0.0843 e. The van der Waals surface area contributed by atoms with Gasteiger partial charge in [0.15, 0.2) is 0 Å². The van der Waals surface area contributed by atoms with Crippen LogP contribution in [-0.4, -0.2) is 0 Å². The molecule has 0 nitrogen and oxygen atoms in total. The van der Waals surface area contributed by atoms with Gasteiger partial charge in [-0.1, -0.05) is 76.1 Å². The van der Waals surface area contributed by atoms with Crippen molar-refractivity contribution in [2.75, 3.05) is 0 Å². The third kappa shape index (κ3) is 2.48. The van der Waals surface area contributed by atoms with E-state index in [4.69, 9.17) is 11.6 Å². The van der Waals surface area contributed by atoms with Crippen LogP contribution in [0, 0.1) is 6.92 Å². The Morgan fingerprint density at radius 3 is 2.45 bits per heavy atom. The molecule has 2 heteroatoms. The predicted molar refractivity (Wildman–Crippen MR) is 90.9 cm³/mol. The van der Waals surface area contributed by atoms with Gasteiger partial charge in [-0.15, -0.1) is 0 Å². The molecular formula is C18H14BrCl. The lowest BCUT2D eigenvalue weighted by Gasteiger charge is -2.16. The maximum Gasteiger partial charge on any atom is 0.0653 e. The van der Waals surface area contributed by atoms with E-state index >= 15 is 0 Å². The summed E-state index contributed by atoms with van der Waals surface area (Å²) < 4.78 is 0. The molecule has 100 valence electrons. The van der Waals surface area contributed by atoms with Crippen molar-refractivity contribution >= 4 is 38.3 Å². The van der Waals surface area contributed by atoms with Crippen molar-refractivity contribution in [3.63, 3.8) is 0 Å². The molecule has 20 heavy (non-hydrogen) atoms. The summed E-state index contributed by atoms with van der Waals surface area (Å²) in [5, 5.41) is 3.33. The Morgan fingerprint density at radius 2 is 1.65 bits per heavy atom. The molecular weight excluding hydrogens is 332 g/mol. The highest BCUT2D eigenvalue weighted by Gasteiger charge is 2.15. The average Bonchev–Trinajstić information content (AvgIpc) is 2.46. The van der Waals surface area contributed by atoms with Crippen molar-refractivity contribution < 1.29 is 0 Å². The number of alkyl halides is 1. The van der Waals surface area contributed by atoms with Crippen LogP contribution >= 0.6 is 27.5 Å². The molecule has 0 aliphatic carbocycles. The van der Waals surface area contributed by atoms with Gasteiger partial charge in [0.25, 0.3) is 0 Å². The standard InChI is InChI=1S/C18H14BrCl/c1-12-11-14(20)9-10-15(12)18(19)17-8-4-6-13-5-2-3-7-16(13)17/h2-11,18H,1H3. The number of halogens is 2. The van der Waals surface area contributed by atoms with Gasteiger partial charge in [-0.25, -0.2) is 0 Å². The molecule has 0 saturated carbocycles. The minimum absolute atomic E-state index is 0.172. The van der Waals surface area contributed by atoms with E-state index in [9.17, 15) is 0 Å². The summed E-state index contributed by atoms with van der Waals surface area (Å²) in [5.74, 6) is 0. The Labute approximate surface area is 132 Å². The predicted octanol–water partition coefficient (Wildman–Crippen LogP) is 6.29. The van der Waals surface area contributed by atoms with Crippen LogP contribution in [0.25, 0.3) is 10.8 Å². The number of hydrogen-bond donors (Lipinski definition) is 0. The summed E-state index contributed by atoms with van der Waals surface area (Å²) in [6.45, 7) is 2.10. The minimum atomic E-state index is 0.172. The van der Waals surface area contributed by atoms with E-state index in [1.807, 2.05) is 12.1 Å². The largest absolute Gasteiger partial charge is 0.0843 e. The lowest BCUT2D eigenvalue weighted by molar-refractivity contribution is 1.16. The fourth-order valence-corrected chi connectivity index (χ4v) is 3.70. The zero-order valence-electron chi connectivity index (χ0n) is 11.1. The topological polar surface area (TPSA) is 0 Å². The van der Waals surface area contributed by atoms with Crippen molar-refractivity contribution in [2.24, 2.45) is 0 Å². The fourth-order valence-electron chi connectivity index (χ4n) is 2.56. The van der Waals surface area contributed by atoms with Crippen LogP contribution in [0.15, 0.2) is 60.7 Å². The Balaban J connectivity index is 2.15. The Kier molecular flexibility index (Phi) is 3.82.